The van der Waals surface area contributed by atoms with Gasteiger partial charge < -0.3 is 16.6 Å². The fourth-order valence-electron chi connectivity index (χ4n) is 1.78. The van der Waals surface area contributed by atoms with E-state index in [1.165, 1.54) is 5.56 Å². The van der Waals surface area contributed by atoms with Crippen molar-refractivity contribution in [3.8, 4) is 0 Å². The van der Waals surface area contributed by atoms with Gasteiger partial charge in [0, 0.05) is 6.04 Å². The number of rotatable bonds is 4. The molecule has 0 aliphatic heterocycles. The first-order valence-corrected chi connectivity index (χ1v) is 6.10. The first-order chi connectivity index (χ1) is 7.86. The number of nitrogens with two attached hydrogens (primary N) is 2. The normalized spacial score (nSPS) is 15.6. The van der Waals surface area contributed by atoms with Crippen LogP contribution in [0.3, 0.4) is 0 Å². The van der Waals surface area contributed by atoms with Crippen LogP contribution in [-0.4, -0.2) is 17.7 Å². The van der Waals surface area contributed by atoms with Crippen LogP contribution in [-0.2, 0) is 5.41 Å². The zero-order valence-electron chi connectivity index (χ0n) is 11.0. The van der Waals surface area contributed by atoms with Gasteiger partial charge in [-0.1, -0.05) is 45.0 Å². The second-order valence-electron chi connectivity index (χ2n) is 5.56. The van der Waals surface area contributed by atoms with Crippen molar-refractivity contribution >= 4 is 0 Å². The predicted molar refractivity (Wildman–Crippen MR) is 71.7 cm³/mol. The molecule has 0 radical (unpaired) electrons. The highest BCUT2D eigenvalue weighted by atomic mass is 16.3. The lowest BCUT2D eigenvalue weighted by molar-refractivity contribution is 0.143. The van der Waals surface area contributed by atoms with Gasteiger partial charge in [0.05, 0.1) is 6.10 Å². The first-order valence-electron chi connectivity index (χ1n) is 6.10. The lowest BCUT2D eigenvalue weighted by Gasteiger charge is -2.22. The third-order valence-electron chi connectivity index (χ3n) is 3.02. The fraction of sp³-hybridized carbons (Fsp3) is 0.571. The molecule has 3 heteroatoms. The highest BCUT2D eigenvalue weighted by Gasteiger charge is 2.18. The second-order valence-corrected chi connectivity index (χ2v) is 5.56. The maximum absolute atomic E-state index is 10.0. The SMILES string of the molecule is CC(C)(C)c1ccc(C(O)C(N)CCN)cc1. The van der Waals surface area contributed by atoms with Crippen LogP contribution in [0.1, 0.15) is 44.4 Å². The number of hydrogen-bond donors (Lipinski definition) is 3. The Kier molecular flexibility index (Phi) is 4.69. The summed E-state index contributed by atoms with van der Waals surface area (Å²) in [6.45, 7) is 6.99. The summed E-state index contributed by atoms with van der Waals surface area (Å²) in [5.41, 5.74) is 13.5. The molecule has 96 valence electrons. The Hall–Kier alpha value is -0.900. The summed E-state index contributed by atoms with van der Waals surface area (Å²) >= 11 is 0. The van der Waals surface area contributed by atoms with Crippen LogP contribution in [0.2, 0.25) is 0 Å². The Balaban J connectivity index is 2.80. The summed E-state index contributed by atoms with van der Waals surface area (Å²) in [5, 5.41) is 10.0. The molecule has 17 heavy (non-hydrogen) atoms. The lowest BCUT2D eigenvalue weighted by atomic mass is 9.86. The number of aliphatic hydroxyl groups is 1. The summed E-state index contributed by atoms with van der Waals surface area (Å²) in [7, 11) is 0. The average molecular weight is 236 g/mol. The summed E-state index contributed by atoms with van der Waals surface area (Å²) in [4.78, 5) is 0. The van der Waals surface area contributed by atoms with Gasteiger partial charge in [0.1, 0.15) is 0 Å². The molecule has 0 fully saturated rings. The van der Waals surface area contributed by atoms with Gasteiger partial charge in [-0.3, -0.25) is 0 Å². The Morgan fingerprint density at radius 3 is 2.12 bits per heavy atom. The van der Waals surface area contributed by atoms with E-state index in [1.807, 2.05) is 24.3 Å². The molecule has 3 nitrogen and oxygen atoms in total. The monoisotopic (exact) mass is 236 g/mol. The summed E-state index contributed by atoms with van der Waals surface area (Å²) in [5.74, 6) is 0. The molecule has 0 spiro atoms. The van der Waals surface area contributed by atoms with E-state index in [9.17, 15) is 5.11 Å². The van der Waals surface area contributed by atoms with Crippen LogP contribution in [0, 0.1) is 0 Å². The molecule has 2 unspecified atom stereocenters. The Labute approximate surface area is 104 Å². The van der Waals surface area contributed by atoms with Gasteiger partial charge in [0.25, 0.3) is 0 Å². The molecular formula is C14H24N2O. The van der Waals surface area contributed by atoms with Crippen molar-refractivity contribution in [3.63, 3.8) is 0 Å². The van der Waals surface area contributed by atoms with Crippen LogP contribution in [0.15, 0.2) is 24.3 Å². The Bertz CT molecular complexity index is 340. The first kappa shape index (κ1) is 14.2. The quantitative estimate of drug-likeness (QED) is 0.745. The smallest absolute Gasteiger partial charge is 0.0941 e. The molecular weight excluding hydrogens is 212 g/mol. The maximum atomic E-state index is 10.0. The molecule has 0 aromatic heterocycles. The molecule has 0 saturated carbocycles. The molecule has 5 N–H and O–H groups in total. The van der Waals surface area contributed by atoms with Crippen molar-refractivity contribution in [1.82, 2.24) is 0 Å². The standard InChI is InChI=1S/C14H24N2O/c1-14(2,3)11-6-4-10(5-7-11)13(17)12(16)8-9-15/h4-7,12-13,17H,8-9,15-16H2,1-3H3. The molecule has 1 aromatic rings. The zero-order valence-corrected chi connectivity index (χ0v) is 11.0. The Morgan fingerprint density at radius 2 is 1.71 bits per heavy atom. The van der Waals surface area contributed by atoms with Crippen LogP contribution in [0.5, 0.6) is 0 Å². The number of aliphatic hydroxyl groups excluding tert-OH is 1. The van der Waals surface area contributed by atoms with Gasteiger partial charge in [0.2, 0.25) is 0 Å². The van der Waals surface area contributed by atoms with Crippen molar-refractivity contribution in [1.29, 1.82) is 0 Å². The number of hydrogen-bond acceptors (Lipinski definition) is 3. The largest absolute Gasteiger partial charge is 0.387 e. The molecule has 1 rings (SSSR count). The van der Waals surface area contributed by atoms with Crippen molar-refractivity contribution < 1.29 is 5.11 Å². The highest BCUT2D eigenvalue weighted by molar-refractivity contribution is 5.29. The van der Waals surface area contributed by atoms with Crippen LogP contribution in [0.25, 0.3) is 0 Å². The van der Waals surface area contributed by atoms with E-state index < -0.39 is 6.10 Å². The lowest BCUT2D eigenvalue weighted by Crippen LogP contribution is -2.30. The summed E-state index contributed by atoms with van der Waals surface area (Å²) in [6, 6.07) is 7.70. The molecule has 1 aromatic carbocycles. The molecule has 0 saturated heterocycles. The van der Waals surface area contributed by atoms with E-state index in [0.717, 1.165) is 5.56 Å². The van der Waals surface area contributed by atoms with Crippen molar-refractivity contribution in [2.45, 2.75) is 44.8 Å². The van der Waals surface area contributed by atoms with Gasteiger partial charge in [0.15, 0.2) is 0 Å². The summed E-state index contributed by atoms with van der Waals surface area (Å²) < 4.78 is 0. The molecule has 2 atom stereocenters. The maximum Gasteiger partial charge on any atom is 0.0941 e. The van der Waals surface area contributed by atoms with Gasteiger partial charge in [-0.15, -0.1) is 0 Å². The molecule has 0 aliphatic rings. The highest BCUT2D eigenvalue weighted by Crippen LogP contribution is 2.24. The van der Waals surface area contributed by atoms with Gasteiger partial charge >= 0.3 is 0 Å². The van der Waals surface area contributed by atoms with Crippen LogP contribution < -0.4 is 11.5 Å². The second kappa shape index (κ2) is 5.63. The van der Waals surface area contributed by atoms with E-state index in [0.29, 0.717) is 13.0 Å². The van der Waals surface area contributed by atoms with Crippen molar-refractivity contribution in [2.24, 2.45) is 11.5 Å². The molecule has 0 bridgehead atoms. The Morgan fingerprint density at radius 1 is 1.18 bits per heavy atom. The predicted octanol–water partition coefficient (Wildman–Crippen LogP) is 1.69. The molecule has 0 amide bonds. The summed E-state index contributed by atoms with van der Waals surface area (Å²) in [6.07, 6.45) is -0.00471. The average Bonchev–Trinajstić information content (AvgIpc) is 2.27. The minimum absolute atomic E-state index is 0.128. The topological polar surface area (TPSA) is 72.3 Å². The van der Waals surface area contributed by atoms with E-state index in [4.69, 9.17) is 11.5 Å². The minimum Gasteiger partial charge on any atom is -0.387 e. The van der Waals surface area contributed by atoms with E-state index in [-0.39, 0.29) is 11.5 Å². The fourth-order valence-corrected chi connectivity index (χ4v) is 1.78. The third kappa shape index (κ3) is 3.80. The van der Waals surface area contributed by atoms with Gasteiger partial charge in [-0.25, -0.2) is 0 Å². The van der Waals surface area contributed by atoms with Gasteiger partial charge in [-0.2, -0.15) is 0 Å². The van der Waals surface area contributed by atoms with E-state index in [2.05, 4.69) is 20.8 Å². The van der Waals surface area contributed by atoms with E-state index >= 15 is 0 Å². The van der Waals surface area contributed by atoms with Crippen LogP contribution >= 0.6 is 0 Å². The van der Waals surface area contributed by atoms with Crippen molar-refractivity contribution in [2.75, 3.05) is 6.54 Å². The minimum atomic E-state index is -0.632. The van der Waals surface area contributed by atoms with Crippen molar-refractivity contribution in [3.05, 3.63) is 35.4 Å². The molecule has 0 aliphatic carbocycles. The van der Waals surface area contributed by atoms with Gasteiger partial charge in [-0.05, 0) is 29.5 Å². The third-order valence-corrected chi connectivity index (χ3v) is 3.02. The van der Waals surface area contributed by atoms with Crippen LogP contribution in [0.4, 0.5) is 0 Å². The molecule has 0 heterocycles. The van der Waals surface area contributed by atoms with E-state index in [1.54, 1.807) is 0 Å². The zero-order chi connectivity index (χ0) is 13.1. The number of benzene rings is 1.